The molecule has 0 unspecified atom stereocenters. The fraction of sp³-hybridized carbons (Fsp3) is 0.500. The molecule has 1 amide bonds. The molecule has 2 aromatic heterocycles. The molecule has 0 aliphatic carbocycles. The number of nitrogens with two attached hydrogens (primary N) is 1. The maximum atomic E-state index is 12.7. The monoisotopic (exact) mass is 305 g/mol. The summed E-state index contributed by atoms with van der Waals surface area (Å²) in [6, 6.07) is 2.01. The van der Waals surface area contributed by atoms with Gasteiger partial charge in [-0.2, -0.15) is 0 Å². The van der Waals surface area contributed by atoms with E-state index in [2.05, 4.69) is 18.8 Å². The van der Waals surface area contributed by atoms with Crippen molar-refractivity contribution in [1.29, 1.82) is 0 Å². The quantitative estimate of drug-likeness (QED) is 0.915. The van der Waals surface area contributed by atoms with Crippen LogP contribution in [-0.4, -0.2) is 28.9 Å². The molecule has 0 radical (unpaired) electrons. The Hall–Kier alpha value is -1.62. The van der Waals surface area contributed by atoms with Gasteiger partial charge in [-0.3, -0.25) is 4.79 Å². The van der Waals surface area contributed by atoms with E-state index in [0.717, 1.165) is 47.4 Å². The Balaban J connectivity index is 2.48. The van der Waals surface area contributed by atoms with Crippen molar-refractivity contribution < 1.29 is 4.79 Å². The van der Waals surface area contributed by atoms with Crippen LogP contribution in [0, 0.1) is 13.8 Å². The Morgan fingerprint density at radius 2 is 1.90 bits per heavy atom. The van der Waals surface area contributed by atoms with Crippen LogP contribution in [0.25, 0.3) is 10.2 Å². The molecule has 114 valence electrons. The van der Waals surface area contributed by atoms with E-state index in [1.807, 2.05) is 24.8 Å². The summed E-state index contributed by atoms with van der Waals surface area (Å²) in [5.41, 5.74) is 8.87. The summed E-state index contributed by atoms with van der Waals surface area (Å²) >= 11 is 1.41. The third-order valence-corrected chi connectivity index (χ3v) is 4.58. The highest BCUT2D eigenvalue weighted by Crippen LogP contribution is 2.35. The summed E-state index contributed by atoms with van der Waals surface area (Å²) in [7, 11) is 0. The summed E-state index contributed by atoms with van der Waals surface area (Å²) in [6.45, 7) is 9.69. The number of pyridine rings is 1. The van der Waals surface area contributed by atoms with Crippen molar-refractivity contribution in [2.24, 2.45) is 0 Å². The average Bonchev–Trinajstić information content (AvgIpc) is 2.74. The zero-order valence-electron chi connectivity index (χ0n) is 13.2. The van der Waals surface area contributed by atoms with E-state index >= 15 is 0 Å². The van der Waals surface area contributed by atoms with E-state index in [0.29, 0.717) is 10.6 Å². The predicted octanol–water partition coefficient (Wildman–Crippen LogP) is 3.76. The minimum Gasteiger partial charge on any atom is -0.397 e. The number of aryl methyl sites for hydroxylation is 2. The molecular formula is C16H23N3OS. The molecule has 0 aliphatic heterocycles. The molecule has 2 heterocycles. The van der Waals surface area contributed by atoms with Gasteiger partial charge in [0.2, 0.25) is 0 Å². The van der Waals surface area contributed by atoms with Crippen molar-refractivity contribution in [2.45, 2.75) is 40.5 Å². The molecule has 2 N–H and O–H groups in total. The first-order valence-electron chi connectivity index (χ1n) is 7.45. The van der Waals surface area contributed by atoms with E-state index in [4.69, 9.17) is 5.73 Å². The number of hydrogen-bond acceptors (Lipinski definition) is 4. The summed E-state index contributed by atoms with van der Waals surface area (Å²) < 4.78 is 0. The molecule has 0 saturated carbocycles. The first kappa shape index (κ1) is 15.8. The lowest BCUT2D eigenvalue weighted by molar-refractivity contribution is 0.0761. The third-order valence-electron chi connectivity index (χ3n) is 3.49. The van der Waals surface area contributed by atoms with Gasteiger partial charge in [0.1, 0.15) is 9.71 Å². The lowest BCUT2D eigenvalue weighted by Gasteiger charge is -2.20. The number of aromatic nitrogens is 1. The summed E-state index contributed by atoms with van der Waals surface area (Å²) in [5.74, 6) is 0.0382. The minimum atomic E-state index is 0.0382. The lowest BCUT2D eigenvalue weighted by Crippen LogP contribution is -2.32. The van der Waals surface area contributed by atoms with E-state index in [1.165, 1.54) is 11.3 Å². The fourth-order valence-electron chi connectivity index (χ4n) is 2.63. The molecule has 2 rings (SSSR count). The van der Waals surface area contributed by atoms with Gasteiger partial charge in [0.05, 0.1) is 5.69 Å². The molecule has 0 saturated heterocycles. The van der Waals surface area contributed by atoms with Gasteiger partial charge in [0, 0.05) is 24.2 Å². The molecule has 21 heavy (non-hydrogen) atoms. The van der Waals surface area contributed by atoms with Crippen LogP contribution in [-0.2, 0) is 0 Å². The van der Waals surface area contributed by atoms with Crippen LogP contribution in [0.3, 0.4) is 0 Å². The van der Waals surface area contributed by atoms with Crippen LogP contribution in [0.1, 0.15) is 47.6 Å². The lowest BCUT2D eigenvalue weighted by atomic mass is 10.1. The number of rotatable bonds is 5. The number of nitrogens with zero attached hydrogens (tertiary/aromatic N) is 2. The van der Waals surface area contributed by atoms with E-state index in [9.17, 15) is 4.79 Å². The van der Waals surface area contributed by atoms with Gasteiger partial charge in [-0.25, -0.2) is 4.98 Å². The number of thiophene rings is 1. The molecule has 0 fully saturated rings. The number of carbonyl (C=O) groups is 1. The zero-order chi connectivity index (χ0) is 15.6. The van der Waals surface area contributed by atoms with Gasteiger partial charge < -0.3 is 10.6 Å². The van der Waals surface area contributed by atoms with Crippen LogP contribution in [0.2, 0.25) is 0 Å². The normalized spacial score (nSPS) is 11.0. The number of carbonyl (C=O) groups excluding carboxylic acids is 1. The van der Waals surface area contributed by atoms with E-state index < -0.39 is 0 Å². The summed E-state index contributed by atoms with van der Waals surface area (Å²) in [5, 5.41) is 0.932. The van der Waals surface area contributed by atoms with Gasteiger partial charge >= 0.3 is 0 Å². The second-order valence-corrected chi connectivity index (χ2v) is 6.40. The van der Waals surface area contributed by atoms with Crippen molar-refractivity contribution in [3.63, 3.8) is 0 Å². The summed E-state index contributed by atoms with van der Waals surface area (Å²) in [4.78, 5) is 20.6. The molecule has 4 nitrogen and oxygen atoms in total. The minimum absolute atomic E-state index is 0.0382. The molecule has 0 atom stereocenters. The number of nitrogen functional groups attached to an aromatic ring is 1. The molecule has 0 aromatic carbocycles. The second-order valence-electron chi connectivity index (χ2n) is 5.40. The van der Waals surface area contributed by atoms with Crippen molar-refractivity contribution in [2.75, 3.05) is 18.8 Å². The van der Waals surface area contributed by atoms with Crippen LogP contribution >= 0.6 is 11.3 Å². The zero-order valence-corrected chi connectivity index (χ0v) is 14.0. The Kier molecular flexibility index (Phi) is 4.83. The second kappa shape index (κ2) is 6.43. The molecule has 5 heteroatoms. The number of hydrogen-bond donors (Lipinski definition) is 1. The van der Waals surface area contributed by atoms with Crippen LogP contribution in [0.4, 0.5) is 5.69 Å². The molecule has 2 aromatic rings. The van der Waals surface area contributed by atoms with Crippen molar-refractivity contribution in [3.8, 4) is 0 Å². The highest BCUT2D eigenvalue weighted by atomic mass is 32.1. The van der Waals surface area contributed by atoms with E-state index in [1.54, 1.807) is 0 Å². The first-order chi connectivity index (χ1) is 9.99. The topological polar surface area (TPSA) is 59.2 Å². The number of anilines is 1. The summed E-state index contributed by atoms with van der Waals surface area (Å²) in [6.07, 6.45) is 1.90. The largest absolute Gasteiger partial charge is 0.397 e. The maximum Gasteiger partial charge on any atom is 0.266 e. The van der Waals surface area contributed by atoms with Gasteiger partial charge in [-0.1, -0.05) is 13.8 Å². The van der Waals surface area contributed by atoms with Gasteiger partial charge in [-0.05, 0) is 38.3 Å². The van der Waals surface area contributed by atoms with Gasteiger partial charge in [0.15, 0.2) is 0 Å². The SMILES string of the molecule is CCCN(CCC)C(=O)c1sc2nc(C)cc(C)c2c1N. The average molecular weight is 305 g/mol. The number of amides is 1. The Bertz CT molecular complexity index is 657. The molecular weight excluding hydrogens is 282 g/mol. The predicted molar refractivity (Wildman–Crippen MR) is 90.0 cm³/mol. The third kappa shape index (κ3) is 3.02. The Morgan fingerprint density at radius 3 is 2.48 bits per heavy atom. The van der Waals surface area contributed by atoms with Gasteiger partial charge in [0.25, 0.3) is 5.91 Å². The van der Waals surface area contributed by atoms with E-state index in [-0.39, 0.29) is 5.91 Å². The Morgan fingerprint density at radius 1 is 1.29 bits per heavy atom. The smallest absolute Gasteiger partial charge is 0.266 e. The standard InChI is InChI=1S/C16H23N3OS/c1-5-7-19(8-6-2)16(20)14-13(17)12-10(3)9-11(4)18-15(12)21-14/h9H,5-8,17H2,1-4H3. The highest BCUT2D eigenvalue weighted by molar-refractivity contribution is 7.21. The van der Waals surface area contributed by atoms with Crippen molar-refractivity contribution >= 4 is 33.1 Å². The molecule has 0 bridgehead atoms. The maximum absolute atomic E-state index is 12.7. The molecule has 0 aliphatic rings. The van der Waals surface area contributed by atoms with Crippen LogP contribution < -0.4 is 5.73 Å². The van der Waals surface area contributed by atoms with Crippen LogP contribution in [0.15, 0.2) is 6.07 Å². The number of fused-ring (bicyclic) bond motifs is 1. The molecule has 0 spiro atoms. The first-order valence-corrected chi connectivity index (χ1v) is 8.26. The Labute approximate surface area is 130 Å². The van der Waals surface area contributed by atoms with Crippen molar-refractivity contribution in [3.05, 3.63) is 22.2 Å². The van der Waals surface area contributed by atoms with Crippen molar-refractivity contribution in [1.82, 2.24) is 9.88 Å². The highest BCUT2D eigenvalue weighted by Gasteiger charge is 2.22. The fourth-order valence-corrected chi connectivity index (χ4v) is 3.81. The van der Waals surface area contributed by atoms with Crippen LogP contribution in [0.5, 0.6) is 0 Å². The van der Waals surface area contributed by atoms with Gasteiger partial charge in [-0.15, -0.1) is 11.3 Å².